The standard InChI is InChI=1S/C9H8N4O3/c14-7-3-1-6(2-4-7)9-10-12-13(11-9)5-8(15)16/h1-4,14H,5H2,(H,15,16). The summed E-state index contributed by atoms with van der Waals surface area (Å²) in [5.74, 6) is -0.572. The Labute approximate surface area is 90.0 Å². The zero-order valence-electron chi connectivity index (χ0n) is 8.11. The summed E-state index contributed by atoms with van der Waals surface area (Å²) in [6, 6.07) is 6.23. The Morgan fingerprint density at radius 2 is 2.00 bits per heavy atom. The average molecular weight is 220 g/mol. The Morgan fingerprint density at radius 1 is 1.31 bits per heavy atom. The van der Waals surface area contributed by atoms with Crippen molar-refractivity contribution in [2.24, 2.45) is 0 Å². The van der Waals surface area contributed by atoms with Gasteiger partial charge >= 0.3 is 5.97 Å². The van der Waals surface area contributed by atoms with E-state index in [1.54, 1.807) is 12.1 Å². The Kier molecular flexibility index (Phi) is 2.50. The first-order valence-corrected chi connectivity index (χ1v) is 4.44. The predicted molar refractivity (Wildman–Crippen MR) is 52.6 cm³/mol. The van der Waals surface area contributed by atoms with Crippen LogP contribution in [0.15, 0.2) is 24.3 Å². The lowest BCUT2D eigenvalue weighted by Gasteiger charge is -1.94. The average Bonchev–Trinajstić information content (AvgIpc) is 2.66. The smallest absolute Gasteiger partial charge is 0.327 e. The highest BCUT2D eigenvalue weighted by molar-refractivity contribution is 5.66. The van der Waals surface area contributed by atoms with E-state index in [4.69, 9.17) is 10.2 Å². The van der Waals surface area contributed by atoms with Crippen LogP contribution in [0.5, 0.6) is 5.75 Å². The number of phenolic OH excluding ortho intramolecular Hbond substituents is 1. The molecule has 0 aliphatic carbocycles. The van der Waals surface area contributed by atoms with Gasteiger partial charge in [-0.15, -0.1) is 10.2 Å². The zero-order valence-corrected chi connectivity index (χ0v) is 8.11. The molecular weight excluding hydrogens is 212 g/mol. The van der Waals surface area contributed by atoms with E-state index >= 15 is 0 Å². The van der Waals surface area contributed by atoms with Crippen LogP contribution in [-0.2, 0) is 11.3 Å². The highest BCUT2D eigenvalue weighted by Gasteiger charge is 2.07. The van der Waals surface area contributed by atoms with E-state index in [0.29, 0.717) is 11.4 Å². The number of aromatic hydroxyl groups is 1. The number of phenols is 1. The highest BCUT2D eigenvalue weighted by atomic mass is 16.4. The number of nitrogens with zero attached hydrogens (tertiary/aromatic N) is 4. The number of hydrogen-bond acceptors (Lipinski definition) is 5. The molecule has 7 heteroatoms. The van der Waals surface area contributed by atoms with Gasteiger partial charge in [0.25, 0.3) is 0 Å². The van der Waals surface area contributed by atoms with Crippen LogP contribution >= 0.6 is 0 Å². The molecular formula is C9H8N4O3. The molecule has 0 radical (unpaired) electrons. The van der Waals surface area contributed by atoms with Gasteiger partial charge in [-0.05, 0) is 29.5 Å². The highest BCUT2D eigenvalue weighted by Crippen LogP contribution is 2.17. The van der Waals surface area contributed by atoms with E-state index in [0.717, 1.165) is 4.80 Å². The van der Waals surface area contributed by atoms with Crippen molar-refractivity contribution in [2.45, 2.75) is 6.54 Å². The minimum Gasteiger partial charge on any atom is -0.508 e. The van der Waals surface area contributed by atoms with Crippen molar-refractivity contribution in [1.82, 2.24) is 20.2 Å². The van der Waals surface area contributed by atoms with Gasteiger partial charge in [0.15, 0.2) is 6.54 Å². The molecule has 0 saturated carbocycles. The first kappa shape index (κ1) is 10.1. The van der Waals surface area contributed by atoms with Crippen molar-refractivity contribution in [2.75, 3.05) is 0 Å². The molecule has 0 atom stereocenters. The van der Waals surface area contributed by atoms with Crippen LogP contribution in [-0.4, -0.2) is 36.4 Å². The van der Waals surface area contributed by atoms with Crippen molar-refractivity contribution in [3.63, 3.8) is 0 Å². The number of aromatic nitrogens is 4. The van der Waals surface area contributed by atoms with Crippen LogP contribution in [0.2, 0.25) is 0 Å². The maximum absolute atomic E-state index is 10.4. The van der Waals surface area contributed by atoms with E-state index in [2.05, 4.69) is 15.4 Å². The van der Waals surface area contributed by atoms with Gasteiger partial charge in [0.05, 0.1) is 0 Å². The molecule has 0 bridgehead atoms. The lowest BCUT2D eigenvalue weighted by atomic mass is 10.2. The van der Waals surface area contributed by atoms with Crippen LogP contribution in [0, 0.1) is 0 Å². The molecule has 1 aromatic carbocycles. The summed E-state index contributed by atoms with van der Waals surface area (Å²) < 4.78 is 0. The lowest BCUT2D eigenvalue weighted by molar-refractivity contribution is -0.138. The summed E-state index contributed by atoms with van der Waals surface area (Å²) in [5, 5.41) is 28.8. The Bertz CT molecular complexity index is 506. The van der Waals surface area contributed by atoms with Crippen molar-refractivity contribution in [1.29, 1.82) is 0 Å². The first-order chi connectivity index (χ1) is 7.65. The minimum atomic E-state index is -1.03. The SMILES string of the molecule is O=C(O)Cn1nnc(-c2ccc(O)cc2)n1. The zero-order chi connectivity index (χ0) is 11.5. The van der Waals surface area contributed by atoms with Gasteiger partial charge in [-0.25, -0.2) is 0 Å². The van der Waals surface area contributed by atoms with E-state index in [1.165, 1.54) is 12.1 Å². The molecule has 0 aliphatic heterocycles. The molecule has 2 rings (SSSR count). The Hall–Kier alpha value is -2.44. The van der Waals surface area contributed by atoms with Crippen LogP contribution in [0.4, 0.5) is 0 Å². The van der Waals surface area contributed by atoms with E-state index in [9.17, 15) is 4.79 Å². The molecule has 0 aliphatic rings. The summed E-state index contributed by atoms with van der Waals surface area (Å²) in [7, 11) is 0. The van der Waals surface area contributed by atoms with E-state index < -0.39 is 5.97 Å². The third kappa shape index (κ3) is 2.14. The van der Waals surface area contributed by atoms with Gasteiger partial charge in [-0.1, -0.05) is 0 Å². The molecule has 16 heavy (non-hydrogen) atoms. The Morgan fingerprint density at radius 3 is 2.62 bits per heavy atom. The van der Waals surface area contributed by atoms with Crippen LogP contribution < -0.4 is 0 Å². The van der Waals surface area contributed by atoms with Crippen LogP contribution in [0.3, 0.4) is 0 Å². The molecule has 0 spiro atoms. The maximum Gasteiger partial charge on any atom is 0.327 e. The molecule has 1 heterocycles. The molecule has 2 N–H and O–H groups in total. The van der Waals surface area contributed by atoms with Gasteiger partial charge in [-0.2, -0.15) is 4.80 Å². The largest absolute Gasteiger partial charge is 0.508 e. The van der Waals surface area contributed by atoms with Gasteiger partial charge in [0.2, 0.25) is 5.82 Å². The lowest BCUT2D eigenvalue weighted by Crippen LogP contribution is -2.11. The van der Waals surface area contributed by atoms with Crippen molar-refractivity contribution >= 4 is 5.97 Å². The molecule has 0 saturated heterocycles. The fourth-order valence-electron chi connectivity index (χ4n) is 1.16. The molecule has 0 fully saturated rings. The van der Waals surface area contributed by atoms with Crippen molar-refractivity contribution < 1.29 is 15.0 Å². The van der Waals surface area contributed by atoms with Crippen LogP contribution in [0.1, 0.15) is 0 Å². The molecule has 0 amide bonds. The number of carbonyl (C=O) groups is 1. The number of tetrazole rings is 1. The molecule has 7 nitrogen and oxygen atoms in total. The first-order valence-electron chi connectivity index (χ1n) is 4.44. The topological polar surface area (TPSA) is 101 Å². The monoisotopic (exact) mass is 220 g/mol. The maximum atomic E-state index is 10.4. The molecule has 82 valence electrons. The summed E-state index contributed by atoms with van der Waals surface area (Å²) >= 11 is 0. The van der Waals surface area contributed by atoms with E-state index in [1.807, 2.05) is 0 Å². The number of carboxylic acids is 1. The molecule has 0 unspecified atom stereocenters. The Balaban J connectivity index is 2.24. The molecule has 1 aromatic heterocycles. The number of carboxylic acid groups (broad SMARTS) is 1. The summed E-state index contributed by atoms with van der Waals surface area (Å²) in [4.78, 5) is 11.4. The number of aliphatic carboxylic acids is 1. The summed E-state index contributed by atoms with van der Waals surface area (Å²) in [5.41, 5.74) is 0.662. The van der Waals surface area contributed by atoms with Crippen molar-refractivity contribution in [3.05, 3.63) is 24.3 Å². The normalized spacial score (nSPS) is 10.2. The number of hydrogen-bond donors (Lipinski definition) is 2. The number of benzene rings is 1. The van der Waals surface area contributed by atoms with Gasteiger partial charge in [0, 0.05) is 5.56 Å². The summed E-state index contributed by atoms with van der Waals surface area (Å²) in [6.07, 6.45) is 0. The fraction of sp³-hybridized carbons (Fsp3) is 0.111. The van der Waals surface area contributed by atoms with Crippen molar-refractivity contribution in [3.8, 4) is 17.1 Å². The second-order valence-electron chi connectivity index (χ2n) is 3.08. The second kappa shape index (κ2) is 3.97. The van der Waals surface area contributed by atoms with Gasteiger partial charge in [0.1, 0.15) is 5.75 Å². The second-order valence-corrected chi connectivity index (χ2v) is 3.08. The third-order valence-corrected chi connectivity index (χ3v) is 1.86. The predicted octanol–water partition coefficient (Wildman–Crippen LogP) is 0.130. The quantitative estimate of drug-likeness (QED) is 0.762. The van der Waals surface area contributed by atoms with Gasteiger partial charge < -0.3 is 10.2 Å². The third-order valence-electron chi connectivity index (χ3n) is 1.86. The fourth-order valence-corrected chi connectivity index (χ4v) is 1.16. The van der Waals surface area contributed by atoms with Gasteiger partial charge in [-0.3, -0.25) is 4.79 Å². The molecule has 2 aromatic rings. The minimum absolute atomic E-state index is 0.140. The summed E-state index contributed by atoms with van der Waals surface area (Å²) in [6.45, 7) is -0.328. The van der Waals surface area contributed by atoms with E-state index in [-0.39, 0.29) is 12.3 Å². The number of rotatable bonds is 3. The van der Waals surface area contributed by atoms with Crippen LogP contribution in [0.25, 0.3) is 11.4 Å².